The summed E-state index contributed by atoms with van der Waals surface area (Å²) in [7, 11) is 3.75. The number of nitrogens with zero attached hydrogens (tertiary/aromatic N) is 4. The highest BCUT2D eigenvalue weighted by Gasteiger charge is 2.39. The van der Waals surface area contributed by atoms with Crippen molar-refractivity contribution in [2.45, 2.75) is 64.3 Å². The SMILES string of the molecule is CCCCC(CCCC)(C(N)=O)N(C)c1cccc(OCCCNc2nc(N)nn2C)c1. The standard InChI is InChI=1S/C23H39N7O2/c1-5-7-13-23(20(24)31,14-8-6-2)29(3)18-11-9-12-19(17-18)32-16-10-15-26-22-27-21(25)28-30(22)4/h9,11-12,17H,5-8,10,13-16H2,1-4H3,(H2,24,31)(H3,25,26,27,28). The van der Waals surface area contributed by atoms with Gasteiger partial charge in [-0.3, -0.25) is 4.79 Å². The number of aromatic nitrogens is 3. The van der Waals surface area contributed by atoms with Gasteiger partial charge in [-0.05, 0) is 31.4 Å². The van der Waals surface area contributed by atoms with E-state index in [1.54, 1.807) is 11.7 Å². The minimum atomic E-state index is -0.688. The third-order valence-electron chi connectivity index (χ3n) is 5.85. The molecule has 178 valence electrons. The van der Waals surface area contributed by atoms with Gasteiger partial charge < -0.3 is 26.4 Å². The summed E-state index contributed by atoms with van der Waals surface area (Å²) >= 11 is 0. The van der Waals surface area contributed by atoms with Crippen molar-refractivity contribution in [2.75, 3.05) is 36.1 Å². The number of carbonyl (C=O) groups excluding carboxylic acids is 1. The average molecular weight is 446 g/mol. The van der Waals surface area contributed by atoms with E-state index in [0.717, 1.165) is 56.4 Å². The summed E-state index contributed by atoms with van der Waals surface area (Å²) in [5.41, 5.74) is 11.8. The van der Waals surface area contributed by atoms with E-state index < -0.39 is 5.54 Å². The quantitative estimate of drug-likeness (QED) is 0.359. The minimum Gasteiger partial charge on any atom is -0.493 e. The molecule has 9 nitrogen and oxygen atoms in total. The van der Waals surface area contributed by atoms with Gasteiger partial charge in [-0.1, -0.05) is 45.6 Å². The van der Waals surface area contributed by atoms with Gasteiger partial charge >= 0.3 is 0 Å². The molecule has 0 fully saturated rings. The Kier molecular flexibility index (Phi) is 9.61. The Labute approximate surface area is 191 Å². The van der Waals surface area contributed by atoms with Gasteiger partial charge in [0.2, 0.25) is 17.8 Å². The normalized spacial score (nSPS) is 11.4. The van der Waals surface area contributed by atoms with Gasteiger partial charge in [-0.2, -0.15) is 4.98 Å². The number of rotatable bonds is 15. The molecule has 0 bridgehead atoms. The summed E-state index contributed by atoms with van der Waals surface area (Å²) < 4.78 is 7.56. The fourth-order valence-corrected chi connectivity index (χ4v) is 3.86. The molecule has 1 amide bonds. The Morgan fingerprint density at radius 2 is 1.91 bits per heavy atom. The van der Waals surface area contributed by atoms with Crippen LogP contribution in [0.2, 0.25) is 0 Å². The van der Waals surface area contributed by atoms with Gasteiger partial charge in [0, 0.05) is 32.4 Å². The number of primary amides is 1. The van der Waals surface area contributed by atoms with Crippen molar-refractivity contribution < 1.29 is 9.53 Å². The van der Waals surface area contributed by atoms with Crippen molar-refractivity contribution in [3.05, 3.63) is 24.3 Å². The number of anilines is 3. The first-order valence-electron chi connectivity index (χ1n) is 11.5. The molecule has 0 saturated heterocycles. The number of ether oxygens (including phenoxy) is 1. The van der Waals surface area contributed by atoms with Crippen LogP contribution < -0.4 is 26.4 Å². The van der Waals surface area contributed by atoms with Crippen molar-refractivity contribution in [1.82, 2.24) is 14.8 Å². The molecule has 0 aliphatic carbocycles. The van der Waals surface area contributed by atoms with Crippen LogP contribution in [0.5, 0.6) is 5.75 Å². The number of nitrogens with two attached hydrogens (primary N) is 2. The van der Waals surface area contributed by atoms with E-state index in [2.05, 4.69) is 29.2 Å². The molecule has 0 unspecified atom stereocenters. The number of hydrogen-bond acceptors (Lipinski definition) is 7. The number of carbonyl (C=O) groups is 1. The minimum absolute atomic E-state index is 0.247. The number of nitrogen functional groups attached to an aromatic ring is 1. The third-order valence-corrected chi connectivity index (χ3v) is 5.85. The van der Waals surface area contributed by atoms with Crippen LogP contribution in [-0.4, -0.2) is 46.4 Å². The van der Waals surface area contributed by atoms with Gasteiger partial charge in [0.1, 0.15) is 11.3 Å². The maximum absolute atomic E-state index is 12.6. The number of unbranched alkanes of at least 4 members (excludes halogenated alkanes) is 2. The molecule has 0 atom stereocenters. The molecule has 2 aromatic rings. The first-order valence-corrected chi connectivity index (χ1v) is 11.5. The summed E-state index contributed by atoms with van der Waals surface area (Å²) in [5.74, 6) is 1.38. The molecule has 1 aromatic heterocycles. The van der Waals surface area contributed by atoms with Crippen molar-refractivity contribution in [3.63, 3.8) is 0 Å². The lowest BCUT2D eigenvalue weighted by molar-refractivity contribution is -0.123. The molecule has 0 radical (unpaired) electrons. The number of nitrogens with one attached hydrogen (secondary N) is 1. The Bertz CT molecular complexity index is 845. The summed E-state index contributed by atoms with van der Waals surface area (Å²) in [6, 6.07) is 7.86. The molecule has 5 N–H and O–H groups in total. The molecule has 0 aliphatic rings. The van der Waals surface area contributed by atoms with Crippen molar-refractivity contribution in [1.29, 1.82) is 0 Å². The monoisotopic (exact) mass is 445 g/mol. The van der Waals surface area contributed by atoms with Crippen molar-refractivity contribution in [3.8, 4) is 5.75 Å². The number of amides is 1. The van der Waals surface area contributed by atoms with E-state index in [-0.39, 0.29) is 11.9 Å². The molecule has 32 heavy (non-hydrogen) atoms. The second-order valence-corrected chi connectivity index (χ2v) is 8.21. The second-order valence-electron chi connectivity index (χ2n) is 8.21. The Hall–Kier alpha value is -2.97. The highest BCUT2D eigenvalue weighted by Crippen LogP contribution is 2.33. The largest absolute Gasteiger partial charge is 0.493 e. The lowest BCUT2D eigenvalue weighted by Gasteiger charge is -2.41. The topological polar surface area (TPSA) is 124 Å². The Balaban J connectivity index is 2.00. The highest BCUT2D eigenvalue weighted by molar-refractivity contribution is 5.88. The Morgan fingerprint density at radius 1 is 1.22 bits per heavy atom. The molecular formula is C23H39N7O2. The molecule has 1 aromatic carbocycles. The third kappa shape index (κ3) is 6.51. The van der Waals surface area contributed by atoms with E-state index in [1.807, 2.05) is 36.2 Å². The molecule has 0 saturated carbocycles. The van der Waals surface area contributed by atoms with E-state index in [9.17, 15) is 4.79 Å². The fourth-order valence-electron chi connectivity index (χ4n) is 3.86. The van der Waals surface area contributed by atoms with E-state index in [0.29, 0.717) is 19.1 Å². The van der Waals surface area contributed by atoms with Crippen LogP contribution in [0.1, 0.15) is 58.8 Å². The number of aryl methyl sites for hydroxylation is 1. The molecule has 0 spiro atoms. The van der Waals surface area contributed by atoms with Gasteiger partial charge in [0.15, 0.2) is 0 Å². The van der Waals surface area contributed by atoms with E-state index in [4.69, 9.17) is 16.2 Å². The highest BCUT2D eigenvalue weighted by atomic mass is 16.5. The van der Waals surface area contributed by atoms with E-state index >= 15 is 0 Å². The number of hydrogen-bond donors (Lipinski definition) is 3. The molecule has 2 rings (SSSR count). The number of benzene rings is 1. The molecular weight excluding hydrogens is 406 g/mol. The van der Waals surface area contributed by atoms with Crippen molar-refractivity contribution in [2.24, 2.45) is 12.8 Å². The fraction of sp³-hybridized carbons (Fsp3) is 0.609. The zero-order valence-electron chi connectivity index (χ0n) is 19.9. The van der Waals surface area contributed by atoms with Gasteiger partial charge in [0.25, 0.3) is 0 Å². The predicted octanol–water partition coefficient (Wildman–Crippen LogP) is 3.32. The summed E-state index contributed by atoms with van der Waals surface area (Å²) in [5, 5.41) is 7.20. The average Bonchev–Trinajstić information content (AvgIpc) is 3.10. The molecule has 0 aliphatic heterocycles. The first-order chi connectivity index (χ1) is 15.3. The van der Waals surface area contributed by atoms with Crippen LogP contribution in [0.15, 0.2) is 24.3 Å². The molecule has 1 heterocycles. The van der Waals surface area contributed by atoms with Crippen molar-refractivity contribution >= 4 is 23.5 Å². The Morgan fingerprint density at radius 3 is 2.47 bits per heavy atom. The summed E-state index contributed by atoms with van der Waals surface area (Å²) in [6.07, 6.45) is 6.23. The van der Waals surface area contributed by atoms with Crippen LogP contribution in [0, 0.1) is 0 Å². The van der Waals surface area contributed by atoms with Gasteiger partial charge in [0.05, 0.1) is 6.61 Å². The lowest BCUT2D eigenvalue weighted by atomic mass is 9.84. The first kappa shape index (κ1) is 25.3. The van der Waals surface area contributed by atoms with Crippen LogP contribution in [0.25, 0.3) is 0 Å². The maximum Gasteiger partial charge on any atom is 0.243 e. The van der Waals surface area contributed by atoms with Crippen LogP contribution in [-0.2, 0) is 11.8 Å². The van der Waals surface area contributed by atoms with E-state index in [1.165, 1.54) is 0 Å². The molecule has 9 heteroatoms. The predicted molar refractivity (Wildman–Crippen MR) is 130 cm³/mol. The van der Waals surface area contributed by atoms with Crippen LogP contribution in [0.4, 0.5) is 17.6 Å². The van der Waals surface area contributed by atoms with Crippen LogP contribution >= 0.6 is 0 Å². The maximum atomic E-state index is 12.6. The number of likely N-dealkylation sites (N-methyl/N-ethyl adjacent to an activating group) is 1. The summed E-state index contributed by atoms with van der Waals surface area (Å²) in [6.45, 7) is 5.49. The van der Waals surface area contributed by atoms with Crippen LogP contribution in [0.3, 0.4) is 0 Å². The smallest absolute Gasteiger partial charge is 0.243 e. The second kappa shape index (κ2) is 12.2. The zero-order chi connectivity index (χ0) is 23.6. The van der Waals surface area contributed by atoms with Gasteiger partial charge in [-0.15, -0.1) is 5.10 Å². The lowest BCUT2D eigenvalue weighted by Crippen LogP contribution is -2.56. The zero-order valence-corrected chi connectivity index (χ0v) is 19.9. The summed E-state index contributed by atoms with van der Waals surface area (Å²) in [4.78, 5) is 18.8. The van der Waals surface area contributed by atoms with Gasteiger partial charge in [-0.25, -0.2) is 4.68 Å².